The summed E-state index contributed by atoms with van der Waals surface area (Å²) in [5.74, 6) is 1.38. The molecule has 0 unspecified atom stereocenters. The molecule has 2 aromatic carbocycles. The van der Waals surface area contributed by atoms with E-state index < -0.39 is 0 Å². The van der Waals surface area contributed by atoms with Crippen LogP contribution in [0.25, 0.3) is 11.1 Å². The van der Waals surface area contributed by atoms with E-state index in [0.717, 1.165) is 0 Å². The van der Waals surface area contributed by atoms with Crippen molar-refractivity contribution < 1.29 is 24.1 Å². The van der Waals surface area contributed by atoms with Gasteiger partial charge in [-0.3, -0.25) is 4.79 Å². The SMILES string of the molecule is COc1ccc(OC)c(-c2cc(O)c(OC)cc2C=O)c1. The predicted octanol–water partition coefficient (Wildman–Crippen LogP) is 2.90. The molecule has 0 saturated carbocycles. The number of aldehydes is 1. The van der Waals surface area contributed by atoms with Crippen LogP contribution in [0.15, 0.2) is 30.3 Å². The monoisotopic (exact) mass is 288 g/mol. The third-order valence-corrected chi connectivity index (χ3v) is 3.17. The molecule has 0 atom stereocenters. The maximum absolute atomic E-state index is 11.3. The summed E-state index contributed by atoms with van der Waals surface area (Å²) in [5, 5.41) is 9.95. The Hall–Kier alpha value is -2.69. The van der Waals surface area contributed by atoms with Crippen LogP contribution in [-0.4, -0.2) is 32.7 Å². The zero-order valence-electron chi connectivity index (χ0n) is 12.0. The number of methoxy groups -OCH3 is 3. The quantitative estimate of drug-likeness (QED) is 0.857. The summed E-state index contributed by atoms with van der Waals surface area (Å²) >= 11 is 0. The second-order valence-electron chi connectivity index (χ2n) is 4.30. The molecule has 2 rings (SSSR count). The normalized spacial score (nSPS) is 10.0. The van der Waals surface area contributed by atoms with Gasteiger partial charge in [-0.25, -0.2) is 0 Å². The van der Waals surface area contributed by atoms with Gasteiger partial charge in [0.05, 0.1) is 21.3 Å². The molecule has 0 fully saturated rings. The first-order valence-electron chi connectivity index (χ1n) is 6.23. The standard InChI is InChI=1S/C16H16O5/c1-19-11-4-5-15(20-2)13(7-11)12-8-14(18)16(21-3)6-10(12)9-17/h4-9,18H,1-3H3. The Balaban J connectivity index is 2.70. The van der Waals surface area contributed by atoms with Crippen molar-refractivity contribution in [1.29, 1.82) is 0 Å². The third-order valence-electron chi connectivity index (χ3n) is 3.17. The van der Waals surface area contributed by atoms with E-state index in [0.29, 0.717) is 34.5 Å². The highest BCUT2D eigenvalue weighted by Crippen LogP contribution is 2.39. The number of rotatable bonds is 5. The number of ether oxygens (including phenoxy) is 3. The van der Waals surface area contributed by atoms with Gasteiger partial charge < -0.3 is 19.3 Å². The van der Waals surface area contributed by atoms with Gasteiger partial charge in [-0.15, -0.1) is 0 Å². The summed E-state index contributed by atoms with van der Waals surface area (Å²) in [6, 6.07) is 8.19. The van der Waals surface area contributed by atoms with E-state index in [1.54, 1.807) is 25.3 Å². The van der Waals surface area contributed by atoms with Crippen molar-refractivity contribution >= 4 is 6.29 Å². The molecule has 1 N–H and O–H groups in total. The van der Waals surface area contributed by atoms with Crippen LogP contribution in [0, 0.1) is 0 Å². The summed E-state index contributed by atoms with van der Waals surface area (Å²) in [6.45, 7) is 0. The Kier molecular flexibility index (Phi) is 4.33. The summed E-state index contributed by atoms with van der Waals surface area (Å²) in [6.07, 6.45) is 0.705. The van der Waals surface area contributed by atoms with Crippen LogP contribution in [0.1, 0.15) is 10.4 Å². The highest BCUT2D eigenvalue weighted by Gasteiger charge is 2.15. The van der Waals surface area contributed by atoms with Gasteiger partial charge in [0, 0.05) is 11.1 Å². The molecule has 0 saturated heterocycles. The van der Waals surface area contributed by atoms with Gasteiger partial charge in [0.1, 0.15) is 11.5 Å². The molecule has 0 aliphatic rings. The number of hydrogen-bond acceptors (Lipinski definition) is 5. The summed E-state index contributed by atoms with van der Waals surface area (Å²) in [5.41, 5.74) is 1.58. The van der Waals surface area contributed by atoms with Gasteiger partial charge in [0.2, 0.25) is 0 Å². The smallest absolute Gasteiger partial charge is 0.161 e. The topological polar surface area (TPSA) is 65.0 Å². The Morgan fingerprint density at radius 1 is 0.905 bits per heavy atom. The Labute approximate surface area is 122 Å². The van der Waals surface area contributed by atoms with E-state index >= 15 is 0 Å². The Morgan fingerprint density at radius 3 is 2.19 bits per heavy atom. The van der Waals surface area contributed by atoms with Gasteiger partial charge in [-0.2, -0.15) is 0 Å². The fraction of sp³-hybridized carbons (Fsp3) is 0.188. The van der Waals surface area contributed by atoms with E-state index in [1.165, 1.54) is 26.4 Å². The fourth-order valence-electron chi connectivity index (χ4n) is 2.10. The second kappa shape index (κ2) is 6.17. The minimum absolute atomic E-state index is 0.0528. The first-order valence-corrected chi connectivity index (χ1v) is 6.23. The van der Waals surface area contributed by atoms with Crippen molar-refractivity contribution in [2.75, 3.05) is 21.3 Å². The van der Waals surface area contributed by atoms with Crippen molar-refractivity contribution in [2.45, 2.75) is 0 Å². The first kappa shape index (κ1) is 14.7. The van der Waals surface area contributed by atoms with E-state index in [9.17, 15) is 9.90 Å². The fourth-order valence-corrected chi connectivity index (χ4v) is 2.10. The van der Waals surface area contributed by atoms with Crippen LogP contribution >= 0.6 is 0 Å². The van der Waals surface area contributed by atoms with Crippen molar-refractivity contribution in [3.63, 3.8) is 0 Å². The summed E-state index contributed by atoms with van der Waals surface area (Å²) in [4.78, 5) is 11.3. The van der Waals surface area contributed by atoms with Crippen LogP contribution in [0.3, 0.4) is 0 Å². The number of carbonyl (C=O) groups excluding carboxylic acids is 1. The molecule has 0 aromatic heterocycles. The number of aromatic hydroxyl groups is 1. The van der Waals surface area contributed by atoms with E-state index in [2.05, 4.69) is 0 Å². The maximum Gasteiger partial charge on any atom is 0.161 e. The molecule has 5 heteroatoms. The molecule has 0 aliphatic carbocycles. The minimum atomic E-state index is -0.0528. The van der Waals surface area contributed by atoms with Crippen LogP contribution in [0.4, 0.5) is 0 Å². The highest BCUT2D eigenvalue weighted by molar-refractivity contribution is 5.91. The number of carbonyl (C=O) groups is 1. The molecular formula is C16H16O5. The van der Waals surface area contributed by atoms with Crippen LogP contribution < -0.4 is 14.2 Å². The van der Waals surface area contributed by atoms with Crippen molar-refractivity contribution in [1.82, 2.24) is 0 Å². The average molecular weight is 288 g/mol. The summed E-state index contributed by atoms with van der Waals surface area (Å²) < 4.78 is 15.5. The number of phenols is 1. The van der Waals surface area contributed by atoms with Gasteiger partial charge in [0.15, 0.2) is 17.8 Å². The van der Waals surface area contributed by atoms with Gasteiger partial charge in [-0.1, -0.05) is 0 Å². The van der Waals surface area contributed by atoms with Crippen LogP contribution in [0.5, 0.6) is 23.0 Å². The van der Waals surface area contributed by atoms with E-state index in [-0.39, 0.29) is 11.5 Å². The molecule has 5 nitrogen and oxygen atoms in total. The van der Waals surface area contributed by atoms with E-state index in [4.69, 9.17) is 14.2 Å². The number of phenolic OH excluding ortho intramolecular Hbond substituents is 1. The largest absolute Gasteiger partial charge is 0.504 e. The predicted molar refractivity (Wildman–Crippen MR) is 78.6 cm³/mol. The molecule has 0 spiro atoms. The Morgan fingerprint density at radius 2 is 1.62 bits per heavy atom. The first-order chi connectivity index (χ1) is 10.1. The Bertz CT molecular complexity index is 664. The lowest BCUT2D eigenvalue weighted by atomic mass is 9.98. The second-order valence-corrected chi connectivity index (χ2v) is 4.30. The molecule has 0 amide bonds. The van der Waals surface area contributed by atoms with Crippen LogP contribution in [-0.2, 0) is 0 Å². The molecule has 0 bridgehead atoms. The molecule has 110 valence electrons. The van der Waals surface area contributed by atoms with Gasteiger partial charge in [0.25, 0.3) is 0 Å². The van der Waals surface area contributed by atoms with Crippen LogP contribution in [0.2, 0.25) is 0 Å². The molecule has 2 aromatic rings. The molecule has 21 heavy (non-hydrogen) atoms. The average Bonchev–Trinajstić information content (AvgIpc) is 2.53. The zero-order valence-corrected chi connectivity index (χ0v) is 12.0. The highest BCUT2D eigenvalue weighted by atomic mass is 16.5. The van der Waals surface area contributed by atoms with Gasteiger partial charge in [-0.05, 0) is 35.9 Å². The lowest BCUT2D eigenvalue weighted by Crippen LogP contribution is -1.95. The van der Waals surface area contributed by atoms with Gasteiger partial charge >= 0.3 is 0 Å². The summed E-state index contributed by atoms with van der Waals surface area (Å²) in [7, 11) is 4.52. The third kappa shape index (κ3) is 2.76. The zero-order chi connectivity index (χ0) is 15.4. The lowest BCUT2D eigenvalue weighted by molar-refractivity contribution is 0.112. The van der Waals surface area contributed by atoms with Crippen molar-refractivity contribution in [3.05, 3.63) is 35.9 Å². The molecule has 0 radical (unpaired) electrons. The minimum Gasteiger partial charge on any atom is -0.504 e. The number of benzene rings is 2. The maximum atomic E-state index is 11.3. The van der Waals surface area contributed by atoms with Crippen molar-refractivity contribution in [2.24, 2.45) is 0 Å². The van der Waals surface area contributed by atoms with Crippen molar-refractivity contribution in [3.8, 4) is 34.1 Å². The molecular weight excluding hydrogens is 272 g/mol. The molecule has 0 aliphatic heterocycles. The molecule has 0 heterocycles. The van der Waals surface area contributed by atoms with E-state index in [1.807, 2.05) is 0 Å². The lowest BCUT2D eigenvalue weighted by Gasteiger charge is -2.14. The number of hydrogen-bond donors (Lipinski definition) is 1.